The molecule has 0 bridgehead atoms. The largest absolute Gasteiger partial charge is 0.497 e. The third-order valence-corrected chi connectivity index (χ3v) is 4.23. The molecule has 1 N–H and O–H groups in total. The number of nitrogens with one attached hydrogen (secondary N) is 1. The van der Waals surface area contributed by atoms with E-state index < -0.39 is 0 Å². The standard InChI is InChI=1S/C14H19NO/c1-14-6-3-7-15-13(14)12-8-11(16-2)5-4-10(12)9-14/h4-5,8,13,15H,3,6-7,9H2,1-2H3/t13-,14+/m1/s1. The Morgan fingerprint density at radius 1 is 1.44 bits per heavy atom. The Kier molecular flexibility index (Phi) is 2.21. The molecule has 16 heavy (non-hydrogen) atoms. The molecule has 2 nitrogen and oxygen atoms in total. The van der Waals surface area contributed by atoms with Crippen LogP contribution in [0, 0.1) is 5.41 Å². The van der Waals surface area contributed by atoms with Gasteiger partial charge >= 0.3 is 0 Å². The summed E-state index contributed by atoms with van der Waals surface area (Å²) in [6.07, 6.45) is 3.85. The highest BCUT2D eigenvalue weighted by Gasteiger charge is 2.43. The predicted octanol–water partition coefficient (Wildman–Crippen LogP) is 2.68. The van der Waals surface area contributed by atoms with Crippen LogP contribution in [0.3, 0.4) is 0 Å². The van der Waals surface area contributed by atoms with E-state index >= 15 is 0 Å². The lowest BCUT2D eigenvalue weighted by Crippen LogP contribution is -2.38. The Bertz CT molecular complexity index is 415. The van der Waals surface area contributed by atoms with Crippen LogP contribution in [0.1, 0.15) is 36.9 Å². The molecule has 0 aromatic heterocycles. The maximum absolute atomic E-state index is 5.32. The number of rotatable bonds is 1. The molecular weight excluding hydrogens is 198 g/mol. The van der Waals surface area contributed by atoms with E-state index in [1.165, 1.54) is 30.4 Å². The molecule has 2 heteroatoms. The summed E-state index contributed by atoms with van der Waals surface area (Å²) < 4.78 is 5.32. The van der Waals surface area contributed by atoms with E-state index in [0.29, 0.717) is 11.5 Å². The van der Waals surface area contributed by atoms with Gasteiger partial charge in [-0.05, 0) is 54.5 Å². The highest BCUT2D eigenvalue weighted by Crippen LogP contribution is 2.50. The Labute approximate surface area is 97.0 Å². The molecule has 0 saturated carbocycles. The monoisotopic (exact) mass is 217 g/mol. The number of piperidine rings is 1. The number of benzene rings is 1. The molecule has 86 valence electrons. The van der Waals surface area contributed by atoms with Crippen LogP contribution in [-0.4, -0.2) is 13.7 Å². The predicted molar refractivity (Wildman–Crippen MR) is 64.8 cm³/mol. The van der Waals surface area contributed by atoms with Gasteiger partial charge in [0.2, 0.25) is 0 Å². The number of methoxy groups -OCH3 is 1. The van der Waals surface area contributed by atoms with Crippen molar-refractivity contribution in [2.45, 2.75) is 32.2 Å². The van der Waals surface area contributed by atoms with Gasteiger partial charge < -0.3 is 10.1 Å². The van der Waals surface area contributed by atoms with Gasteiger partial charge in [-0.25, -0.2) is 0 Å². The van der Waals surface area contributed by atoms with E-state index in [4.69, 9.17) is 4.74 Å². The molecule has 1 saturated heterocycles. The summed E-state index contributed by atoms with van der Waals surface area (Å²) >= 11 is 0. The van der Waals surface area contributed by atoms with Crippen molar-refractivity contribution in [1.82, 2.24) is 5.32 Å². The van der Waals surface area contributed by atoms with E-state index in [1.807, 2.05) is 0 Å². The molecule has 0 spiro atoms. The van der Waals surface area contributed by atoms with E-state index in [1.54, 1.807) is 7.11 Å². The van der Waals surface area contributed by atoms with Crippen molar-refractivity contribution < 1.29 is 4.74 Å². The van der Waals surface area contributed by atoms with Gasteiger partial charge in [-0.2, -0.15) is 0 Å². The lowest BCUT2D eigenvalue weighted by molar-refractivity contribution is 0.178. The summed E-state index contributed by atoms with van der Waals surface area (Å²) in [6.45, 7) is 3.56. The molecule has 0 amide bonds. The van der Waals surface area contributed by atoms with Gasteiger partial charge in [-0.3, -0.25) is 0 Å². The third-order valence-electron chi connectivity index (χ3n) is 4.23. The van der Waals surface area contributed by atoms with E-state index in [9.17, 15) is 0 Å². The minimum Gasteiger partial charge on any atom is -0.497 e. The first kappa shape index (κ1) is 10.2. The number of hydrogen-bond acceptors (Lipinski definition) is 2. The van der Waals surface area contributed by atoms with Crippen LogP contribution in [0.25, 0.3) is 0 Å². The zero-order valence-corrected chi connectivity index (χ0v) is 10.0. The van der Waals surface area contributed by atoms with Crippen molar-refractivity contribution in [2.75, 3.05) is 13.7 Å². The normalized spacial score (nSPS) is 32.0. The fourth-order valence-electron chi connectivity index (χ4n) is 3.37. The molecule has 1 aromatic carbocycles. The van der Waals surface area contributed by atoms with Crippen LogP contribution in [0.15, 0.2) is 18.2 Å². The maximum Gasteiger partial charge on any atom is 0.119 e. The Balaban J connectivity index is 2.04. The summed E-state index contributed by atoms with van der Waals surface area (Å²) in [6, 6.07) is 7.06. The molecule has 2 aliphatic rings. The molecule has 0 unspecified atom stereocenters. The molecule has 1 fully saturated rings. The molecule has 1 aromatic rings. The van der Waals surface area contributed by atoms with Gasteiger partial charge in [-0.15, -0.1) is 0 Å². The second kappa shape index (κ2) is 3.49. The topological polar surface area (TPSA) is 21.3 Å². The first-order chi connectivity index (χ1) is 7.73. The van der Waals surface area contributed by atoms with Crippen LogP contribution in [0.4, 0.5) is 0 Å². The van der Waals surface area contributed by atoms with E-state index in [0.717, 1.165) is 12.3 Å². The SMILES string of the molecule is COc1ccc2c(c1)[C@H]1NCCC[C@@]1(C)C2. The maximum atomic E-state index is 5.32. The summed E-state index contributed by atoms with van der Waals surface area (Å²) in [5.41, 5.74) is 3.39. The average Bonchev–Trinajstić information content (AvgIpc) is 2.60. The van der Waals surface area contributed by atoms with Crippen molar-refractivity contribution in [3.05, 3.63) is 29.3 Å². The first-order valence-corrected chi connectivity index (χ1v) is 6.13. The highest BCUT2D eigenvalue weighted by molar-refractivity contribution is 5.43. The Morgan fingerprint density at radius 3 is 3.12 bits per heavy atom. The molecule has 1 aliphatic heterocycles. The summed E-state index contributed by atoms with van der Waals surface area (Å²) in [5, 5.41) is 3.67. The van der Waals surface area contributed by atoms with Gasteiger partial charge in [0.25, 0.3) is 0 Å². The average molecular weight is 217 g/mol. The van der Waals surface area contributed by atoms with Gasteiger partial charge in [0.15, 0.2) is 0 Å². The number of fused-ring (bicyclic) bond motifs is 3. The second-order valence-electron chi connectivity index (χ2n) is 5.39. The third kappa shape index (κ3) is 1.36. The Hall–Kier alpha value is -1.02. The minimum absolute atomic E-state index is 0.424. The molecular formula is C14H19NO. The van der Waals surface area contributed by atoms with Crippen LogP contribution < -0.4 is 10.1 Å². The van der Waals surface area contributed by atoms with Gasteiger partial charge in [0.05, 0.1) is 7.11 Å². The fourth-order valence-corrected chi connectivity index (χ4v) is 3.37. The van der Waals surface area contributed by atoms with Crippen LogP contribution >= 0.6 is 0 Å². The number of hydrogen-bond donors (Lipinski definition) is 1. The van der Waals surface area contributed by atoms with Crippen LogP contribution in [0.2, 0.25) is 0 Å². The number of ether oxygens (including phenoxy) is 1. The lowest BCUT2D eigenvalue weighted by Gasteiger charge is -2.37. The van der Waals surface area contributed by atoms with Crippen molar-refractivity contribution >= 4 is 0 Å². The molecule has 0 radical (unpaired) electrons. The fraction of sp³-hybridized carbons (Fsp3) is 0.571. The van der Waals surface area contributed by atoms with Gasteiger partial charge in [-0.1, -0.05) is 13.0 Å². The smallest absolute Gasteiger partial charge is 0.119 e. The first-order valence-electron chi connectivity index (χ1n) is 6.13. The van der Waals surface area contributed by atoms with E-state index in [-0.39, 0.29) is 0 Å². The molecule has 1 aliphatic carbocycles. The van der Waals surface area contributed by atoms with Crippen molar-refractivity contribution in [2.24, 2.45) is 5.41 Å². The van der Waals surface area contributed by atoms with Gasteiger partial charge in [0.1, 0.15) is 5.75 Å². The summed E-state index contributed by atoms with van der Waals surface area (Å²) in [7, 11) is 1.74. The van der Waals surface area contributed by atoms with Crippen LogP contribution in [0.5, 0.6) is 5.75 Å². The van der Waals surface area contributed by atoms with Gasteiger partial charge in [0, 0.05) is 6.04 Å². The summed E-state index contributed by atoms with van der Waals surface area (Å²) in [5.74, 6) is 0.982. The summed E-state index contributed by atoms with van der Waals surface area (Å²) in [4.78, 5) is 0. The second-order valence-corrected chi connectivity index (χ2v) is 5.39. The highest BCUT2D eigenvalue weighted by atomic mass is 16.5. The van der Waals surface area contributed by atoms with E-state index in [2.05, 4.69) is 30.4 Å². The zero-order chi connectivity index (χ0) is 11.2. The molecule has 2 atom stereocenters. The van der Waals surface area contributed by atoms with Crippen molar-refractivity contribution in [3.8, 4) is 5.75 Å². The quantitative estimate of drug-likeness (QED) is 0.781. The minimum atomic E-state index is 0.424. The molecule has 1 heterocycles. The zero-order valence-electron chi connectivity index (χ0n) is 10.0. The van der Waals surface area contributed by atoms with Crippen molar-refractivity contribution in [3.63, 3.8) is 0 Å². The molecule has 3 rings (SSSR count). The Morgan fingerprint density at radius 2 is 2.31 bits per heavy atom. The van der Waals surface area contributed by atoms with Crippen molar-refractivity contribution in [1.29, 1.82) is 0 Å². The lowest BCUT2D eigenvalue weighted by atomic mass is 9.76. The van der Waals surface area contributed by atoms with Crippen LogP contribution in [-0.2, 0) is 6.42 Å².